The van der Waals surface area contributed by atoms with Crippen LogP contribution in [0.4, 0.5) is 13.2 Å². The van der Waals surface area contributed by atoms with Gasteiger partial charge in [0.25, 0.3) is 5.92 Å². The summed E-state index contributed by atoms with van der Waals surface area (Å²) in [5.41, 5.74) is -2.70. The number of halogens is 3. The number of rotatable bonds is 6. The molecule has 1 fully saturated rings. The molecule has 0 amide bonds. The number of carboxylic acid groups (broad SMARTS) is 1. The van der Waals surface area contributed by atoms with E-state index in [1.807, 2.05) is 0 Å². The molecule has 3 heterocycles. The van der Waals surface area contributed by atoms with E-state index in [0.29, 0.717) is 10.6 Å². The largest absolute Gasteiger partial charge is 0.480 e. The Kier molecular flexibility index (Phi) is 6.22. The predicted octanol–water partition coefficient (Wildman–Crippen LogP) is 3.16. The molecule has 1 saturated heterocycles. The molecule has 0 bridgehead atoms. The van der Waals surface area contributed by atoms with E-state index in [2.05, 4.69) is 10.3 Å². The average molecular weight is 509 g/mol. The molecule has 4 rings (SSSR count). The molecule has 2 aliphatic rings. The molecule has 2 aromatic rings. The highest BCUT2D eigenvalue weighted by Crippen LogP contribution is 2.43. The lowest BCUT2D eigenvalue weighted by Crippen LogP contribution is -2.51. The number of carbonyl (C=O) groups excluding carboxylic acids is 1. The lowest BCUT2D eigenvalue weighted by atomic mass is 9.82. The summed E-state index contributed by atoms with van der Waals surface area (Å²) in [5.74, 6) is -5.65. The number of benzene rings is 1. The number of aromatic nitrogens is 1. The van der Waals surface area contributed by atoms with Crippen LogP contribution in [0.15, 0.2) is 52.1 Å². The van der Waals surface area contributed by atoms with Gasteiger partial charge in [0, 0.05) is 30.2 Å². The van der Waals surface area contributed by atoms with Crippen molar-refractivity contribution >= 4 is 29.1 Å². The van der Waals surface area contributed by atoms with Crippen molar-refractivity contribution in [2.75, 3.05) is 20.2 Å². The van der Waals surface area contributed by atoms with Crippen LogP contribution < -0.4 is 5.32 Å². The third-order valence-electron chi connectivity index (χ3n) is 6.36. The highest BCUT2D eigenvalue weighted by atomic mass is 32.1. The van der Waals surface area contributed by atoms with Gasteiger partial charge in [-0.2, -0.15) is 0 Å². The number of carboxylic acids is 1. The smallest absolute Gasteiger partial charge is 0.338 e. The number of amidine groups is 1. The highest BCUT2D eigenvalue weighted by molar-refractivity contribution is 7.11. The van der Waals surface area contributed by atoms with Crippen LogP contribution in [0.1, 0.15) is 30.8 Å². The standard InChI is InChI=1S/C23H23F3N4O4S/c1-21(20(32)33)11-23(25,26)12-30(21)10-15-16(19(31)34-3)22(2,13-4-6-14(24)7-5-13)29-17(28-15)18-27-8-9-35-18/h4-9H,10-12H2,1-3H3,(H,28,29)(H,32,33)/t21-,22-/m0/s1. The monoisotopic (exact) mass is 508 g/mol. The topological polar surface area (TPSA) is 104 Å². The van der Waals surface area contributed by atoms with Gasteiger partial charge in [0.05, 0.1) is 19.2 Å². The third kappa shape index (κ3) is 4.43. The molecule has 0 unspecified atom stereocenters. The fraction of sp³-hybridized carbons (Fsp3) is 0.391. The van der Waals surface area contributed by atoms with E-state index >= 15 is 0 Å². The molecular formula is C23H23F3N4O4S. The van der Waals surface area contributed by atoms with Crippen LogP contribution in [0, 0.1) is 5.82 Å². The number of ether oxygens (including phenoxy) is 1. The number of aliphatic imine (C=N–C) groups is 1. The number of thiazole rings is 1. The number of nitrogens with zero attached hydrogens (tertiary/aromatic N) is 3. The Bertz CT molecular complexity index is 1220. The minimum atomic E-state index is -3.24. The molecule has 0 radical (unpaired) electrons. The van der Waals surface area contributed by atoms with Crippen LogP contribution >= 0.6 is 11.3 Å². The molecule has 0 aliphatic carbocycles. The second kappa shape index (κ2) is 8.76. The first-order valence-electron chi connectivity index (χ1n) is 10.6. The van der Waals surface area contributed by atoms with Gasteiger partial charge in [0.1, 0.15) is 16.9 Å². The second-order valence-electron chi connectivity index (χ2n) is 8.81. The van der Waals surface area contributed by atoms with Gasteiger partial charge in [-0.05, 0) is 31.5 Å². The maximum absolute atomic E-state index is 14.4. The van der Waals surface area contributed by atoms with E-state index in [1.165, 1.54) is 49.6 Å². The van der Waals surface area contributed by atoms with E-state index in [-0.39, 0.29) is 23.7 Å². The molecule has 1 aromatic carbocycles. The lowest BCUT2D eigenvalue weighted by molar-refractivity contribution is -0.148. The van der Waals surface area contributed by atoms with Gasteiger partial charge in [-0.15, -0.1) is 11.3 Å². The Hall–Kier alpha value is -3.25. The zero-order chi connectivity index (χ0) is 25.6. The number of hydrogen-bond acceptors (Lipinski definition) is 8. The normalized spacial score (nSPS) is 26.3. The Morgan fingerprint density at radius 2 is 1.94 bits per heavy atom. The molecule has 186 valence electrons. The Balaban J connectivity index is 1.89. The number of esters is 1. The minimum absolute atomic E-state index is 0.00475. The van der Waals surface area contributed by atoms with Crippen LogP contribution in [0.25, 0.3) is 0 Å². The summed E-state index contributed by atoms with van der Waals surface area (Å²) >= 11 is 1.26. The Labute approximate surface area is 203 Å². The first-order valence-corrected chi connectivity index (χ1v) is 11.5. The number of carbonyl (C=O) groups is 2. The van der Waals surface area contributed by atoms with Gasteiger partial charge >= 0.3 is 11.9 Å². The van der Waals surface area contributed by atoms with Gasteiger partial charge in [0.15, 0.2) is 10.8 Å². The molecule has 1 aromatic heterocycles. The zero-order valence-electron chi connectivity index (χ0n) is 19.1. The fourth-order valence-electron chi connectivity index (χ4n) is 4.53. The Morgan fingerprint density at radius 3 is 2.51 bits per heavy atom. The van der Waals surface area contributed by atoms with E-state index < -0.39 is 47.7 Å². The summed E-state index contributed by atoms with van der Waals surface area (Å²) in [6.45, 7) is 1.71. The maximum Gasteiger partial charge on any atom is 0.338 e. The van der Waals surface area contributed by atoms with Crippen molar-refractivity contribution in [1.29, 1.82) is 0 Å². The van der Waals surface area contributed by atoms with Crippen LogP contribution in [-0.4, -0.2) is 64.4 Å². The van der Waals surface area contributed by atoms with Crippen molar-refractivity contribution < 1.29 is 32.6 Å². The quantitative estimate of drug-likeness (QED) is 0.578. The molecule has 2 atom stereocenters. The number of aliphatic carboxylic acids is 1. The van der Waals surface area contributed by atoms with Gasteiger partial charge in [-0.25, -0.2) is 27.9 Å². The Morgan fingerprint density at radius 1 is 1.26 bits per heavy atom. The molecule has 12 heteroatoms. The van der Waals surface area contributed by atoms with E-state index in [0.717, 1.165) is 4.90 Å². The summed E-state index contributed by atoms with van der Waals surface area (Å²) in [5, 5.41) is 15.0. The first-order chi connectivity index (χ1) is 16.4. The fourth-order valence-corrected chi connectivity index (χ4v) is 5.11. The van der Waals surface area contributed by atoms with Gasteiger partial charge in [0.2, 0.25) is 0 Å². The van der Waals surface area contributed by atoms with Gasteiger partial charge in [-0.3, -0.25) is 9.69 Å². The summed E-state index contributed by atoms with van der Waals surface area (Å²) < 4.78 is 47.5. The van der Waals surface area contributed by atoms with Crippen molar-refractivity contribution in [3.05, 3.63) is 63.5 Å². The van der Waals surface area contributed by atoms with Crippen molar-refractivity contribution in [3.8, 4) is 0 Å². The molecule has 0 saturated carbocycles. The number of methoxy groups -OCH3 is 1. The number of hydrogen-bond donors (Lipinski definition) is 2. The average Bonchev–Trinajstić information content (AvgIpc) is 3.40. The number of alkyl halides is 2. The number of nitrogens with one attached hydrogen (secondary N) is 1. The first kappa shape index (κ1) is 24.9. The molecule has 8 nitrogen and oxygen atoms in total. The molecule has 0 spiro atoms. The van der Waals surface area contributed by atoms with Crippen LogP contribution in [0.2, 0.25) is 0 Å². The molecular weight excluding hydrogens is 485 g/mol. The summed E-state index contributed by atoms with van der Waals surface area (Å²) in [6, 6.07) is 5.38. The second-order valence-corrected chi connectivity index (χ2v) is 9.71. The summed E-state index contributed by atoms with van der Waals surface area (Å²) in [6.07, 6.45) is 0.681. The van der Waals surface area contributed by atoms with Crippen LogP contribution in [0.3, 0.4) is 0 Å². The van der Waals surface area contributed by atoms with Crippen molar-refractivity contribution in [2.45, 2.75) is 37.3 Å². The van der Waals surface area contributed by atoms with Gasteiger partial charge in [-0.1, -0.05) is 12.1 Å². The highest BCUT2D eigenvalue weighted by Gasteiger charge is 2.57. The minimum Gasteiger partial charge on any atom is -0.480 e. The molecule has 2 aliphatic heterocycles. The van der Waals surface area contributed by atoms with Crippen molar-refractivity contribution in [3.63, 3.8) is 0 Å². The van der Waals surface area contributed by atoms with Crippen molar-refractivity contribution in [1.82, 2.24) is 15.2 Å². The molecule has 35 heavy (non-hydrogen) atoms. The SMILES string of the molecule is COC(=O)C1=C(CN2CC(F)(F)C[C@@]2(C)C(=O)O)NC(c2nccs2)=N[C@@]1(C)c1ccc(F)cc1. The summed E-state index contributed by atoms with van der Waals surface area (Å²) in [4.78, 5) is 35.1. The third-order valence-corrected chi connectivity index (χ3v) is 7.14. The van der Waals surface area contributed by atoms with E-state index in [4.69, 9.17) is 9.73 Å². The predicted molar refractivity (Wildman–Crippen MR) is 122 cm³/mol. The van der Waals surface area contributed by atoms with E-state index in [1.54, 1.807) is 18.5 Å². The van der Waals surface area contributed by atoms with Crippen molar-refractivity contribution in [2.24, 2.45) is 4.99 Å². The molecule has 2 N–H and O–H groups in total. The lowest BCUT2D eigenvalue weighted by Gasteiger charge is -2.37. The number of likely N-dealkylation sites (tertiary alicyclic amines) is 1. The van der Waals surface area contributed by atoms with E-state index in [9.17, 15) is 27.9 Å². The zero-order valence-corrected chi connectivity index (χ0v) is 20.0. The van der Waals surface area contributed by atoms with Gasteiger partial charge < -0.3 is 15.2 Å². The van der Waals surface area contributed by atoms with Crippen LogP contribution in [-0.2, 0) is 19.9 Å². The van der Waals surface area contributed by atoms with Crippen LogP contribution in [0.5, 0.6) is 0 Å². The summed E-state index contributed by atoms with van der Waals surface area (Å²) in [7, 11) is 1.17. The maximum atomic E-state index is 14.4.